The zero-order valence-corrected chi connectivity index (χ0v) is 15.8. The number of hydrogen-bond acceptors (Lipinski definition) is 4. The molecule has 5 nitrogen and oxygen atoms in total. The van der Waals surface area contributed by atoms with Gasteiger partial charge < -0.3 is 4.90 Å². The van der Waals surface area contributed by atoms with E-state index in [0.717, 1.165) is 23.3 Å². The third kappa shape index (κ3) is 3.60. The van der Waals surface area contributed by atoms with E-state index < -0.39 is 0 Å². The molecule has 3 rings (SSSR count). The van der Waals surface area contributed by atoms with E-state index in [1.165, 1.54) is 10.9 Å². The van der Waals surface area contributed by atoms with Crippen LogP contribution in [0.1, 0.15) is 33.7 Å². The van der Waals surface area contributed by atoms with Crippen LogP contribution in [0.4, 0.5) is 0 Å². The quantitative estimate of drug-likeness (QED) is 0.604. The molecule has 1 atom stereocenters. The lowest BCUT2D eigenvalue weighted by atomic mass is 9.90. The van der Waals surface area contributed by atoms with Gasteiger partial charge >= 0.3 is 0 Å². The van der Waals surface area contributed by atoms with Gasteiger partial charge in [-0.3, -0.25) is 14.3 Å². The zero-order chi connectivity index (χ0) is 18.0. The van der Waals surface area contributed by atoms with Crippen LogP contribution in [0, 0.1) is 5.92 Å². The van der Waals surface area contributed by atoms with Crippen molar-refractivity contribution in [3.63, 3.8) is 0 Å². The number of thioether (sulfide) groups is 1. The molecule has 2 aromatic rings. The Labute approximate surface area is 156 Å². The van der Waals surface area contributed by atoms with Gasteiger partial charge in [0.1, 0.15) is 5.69 Å². The summed E-state index contributed by atoms with van der Waals surface area (Å²) in [6, 6.07) is 7.64. The van der Waals surface area contributed by atoms with Crippen molar-refractivity contribution in [3.8, 4) is 0 Å². The molecule has 1 saturated heterocycles. The van der Waals surface area contributed by atoms with Gasteiger partial charge in [-0.2, -0.15) is 5.10 Å². The normalized spacial score (nSPS) is 17.6. The van der Waals surface area contributed by atoms with Gasteiger partial charge in [0.25, 0.3) is 5.91 Å². The first-order chi connectivity index (χ1) is 12.0. The smallest absolute Gasteiger partial charge is 0.273 e. The fourth-order valence-electron chi connectivity index (χ4n) is 3.24. The first-order valence-electron chi connectivity index (χ1n) is 8.17. The fraction of sp³-hybridized carbons (Fsp3) is 0.389. The maximum Gasteiger partial charge on any atom is 0.273 e. The molecule has 1 aromatic heterocycles. The maximum atomic E-state index is 13.0. The second-order valence-electron chi connectivity index (χ2n) is 6.12. The van der Waals surface area contributed by atoms with Gasteiger partial charge in [0.15, 0.2) is 5.78 Å². The Kier molecular flexibility index (Phi) is 5.49. The third-order valence-corrected chi connectivity index (χ3v) is 5.62. The van der Waals surface area contributed by atoms with Crippen LogP contribution >= 0.6 is 23.4 Å². The molecule has 0 unspecified atom stereocenters. The number of carbonyl (C=O) groups is 2. The van der Waals surface area contributed by atoms with Crippen LogP contribution in [0.3, 0.4) is 0 Å². The minimum absolute atomic E-state index is 0.110. The van der Waals surface area contributed by atoms with Crippen molar-refractivity contribution < 1.29 is 9.59 Å². The van der Waals surface area contributed by atoms with E-state index in [2.05, 4.69) is 5.10 Å². The highest BCUT2D eigenvalue weighted by atomic mass is 35.5. The second kappa shape index (κ2) is 7.62. The highest BCUT2D eigenvalue weighted by Crippen LogP contribution is 2.28. The minimum Gasteiger partial charge on any atom is -0.337 e. The number of piperidine rings is 1. The molecule has 0 aliphatic carbocycles. The first kappa shape index (κ1) is 18.0. The van der Waals surface area contributed by atoms with Crippen molar-refractivity contribution in [1.29, 1.82) is 0 Å². The summed E-state index contributed by atoms with van der Waals surface area (Å²) in [7, 11) is 1.69. The number of likely N-dealkylation sites (tertiary alicyclic amines) is 1. The van der Waals surface area contributed by atoms with Gasteiger partial charge in [0.2, 0.25) is 0 Å². The van der Waals surface area contributed by atoms with Crippen molar-refractivity contribution in [2.45, 2.75) is 17.7 Å². The lowest BCUT2D eigenvalue weighted by molar-refractivity contribution is 0.0627. The van der Waals surface area contributed by atoms with Crippen molar-refractivity contribution in [1.82, 2.24) is 14.7 Å². The SMILES string of the molecule is CSc1ccccc1C(=O)[C@@H]1CCCN(C(=O)c2c(Cl)cnn2C)C1. The second-order valence-corrected chi connectivity index (χ2v) is 7.37. The monoisotopic (exact) mass is 377 g/mol. The van der Waals surface area contributed by atoms with Crippen LogP contribution < -0.4 is 0 Å². The molecule has 1 amide bonds. The summed E-state index contributed by atoms with van der Waals surface area (Å²) in [6.45, 7) is 1.05. The number of amides is 1. The van der Waals surface area contributed by atoms with Gasteiger partial charge in [0.05, 0.1) is 11.2 Å². The molecule has 1 aromatic carbocycles. The molecule has 132 valence electrons. The highest BCUT2D eigenvalue weighted by Gasteiger charge is 2.32. The van der Waals surface area contributed by atoms with E-state index >= 15 is 0 Å². The number of Topliss-reactive ketones (excluding diaryl/α,β-unsaturated/α-hetero) is 1. The first-order valence-corrected chi connectivity index (χ1v) is 9.77. The van der Waals surface area contributed by atoms with Gasteiger partial charge in [-0.15, -0.1) is 11.8 Å². The number of carbonyl (C=O) groups excluding carboxylic acids is 2. The summed E-state index contributed by atoms with van der Waals surface area (Å²) < 4.78 is 1.49. The lowest BCUT2D eigenvalue weighted by Gasteiger charge is -2.32. The number of benzene rings is 1. The van der Waals surface area contributed by atoms with Crippen molar-refractivity contribution in [3.05, 3.63) is 46.7 Å². The molecule has 7 heteroatoms. The van der Waals surface area contributed by atoms with E-state index in [1.54, 1.807) is 23.7 Å². The van der Waals surface area contributed by atoms with Crippen LogP contribution in [0.15, 0.2) is 35.4 Å². The number of aromatic nitrogens is 2. The van der Waals surface area contributed by atoms with E-state index in [1.807, 2.05) is 30.5 Å². The molecule has 0 bridgehead atoms. The molecular formula is C18H20ClN3O2S. The topological polar surface area (TPSA) is 55.2 Å². The van der Waals surface area contributed by atoms with E-state index in [9.17, 15) is 9.59 Å². The summed E-state index contributed by atoms with van der Waals surface area (Å²) in [4.78, 5) is 28.5. The average Bonchev–Trinajstić information content (AvgIpc) is 2.99. The summed E-state index contributed by atoms with van der Waals surface area (Å²) in [5.74, 6) is -0.239. The summed E-state index contributed by atoms with van der Waals surface area (Å²) in [5.41, 5.74) is 1.12. The van der Waals surface area contributed by atoms with Crippen molar-refractivity contribution in [2.24, 2.45) is 13.0 Å². The van der Waals surface area contributed by atoms with E-state index in [4.69, 9.17) is 11.6 Å². The number of rotatable bonds is 4. The number of halogens is 1. The van der Waals surface area contributed by atoms with Crippen LogP contribution in [0.2, 0.25) is 5.02 Å². The number of hydrogen-bond donors (Lipinski definition) is 0. The predicted octanol–water partition coefficient (Wildman–Crippen LogP) is 3.53. The molecule has 2 heterocycles. The Morgan fingerprint density at radius 2 is 2.08 bits per heavy atom. The standard InChI is InChI=1S/C18H20ClN3O2S/c1-21-16(14(19)10-20-21)18(24)22-9-5-6-12(11-22)17(23)13-7-3-4-8-15(13)25-2/h3-4,7-8,10,12H,5-6,9,11H2,1-2H3/t12-/m1/s1. The molecule has 0 spiro atoms. The average molecular weight is 378 g/mol. The maximum absolute atomic E-state index is 13.0. The highest BCUT2D eigenvalue weighted by molar-refractivity contribution is 7.98. The summed E-state index contributed by atoms with van der Waals surface area (Å²) >= 11 is 7.66. The number of aryl methyl sites for hydroxylation is 1. The number of nitrogens with zero attached hydrogens (tertiary/aromatic N) is 3. The molecule has 0 saturated carbocycles. The largest absolute Gasteiger partial charge is 0.337 e. The van der Waals surface area contributed by atoms with Gasteiger partial charge in [-0.1, -0.05) is 29.8 Å². The lowest BCUT2D eigenvalue weighted by Crippen LogP contribution is -2.43. The van der Waals surface area contributed by atoms with Crippen LogP contribution in [-0.2, 0) is 7.05 Å². The molecular weight excluding hydrogens is 358 g/mol. The van der Waals surface area contributed by atoms with Gasteiger partial charge in [-0.25, -0.2) is 0 Å². The Balaban J connectivity index is 1.79. The summed E-state index contributed by atoms with van der Waals surface area (Å²) in [5, 5.41) is 4.37. The van der Waals surface area contributed by atoms with Crippen LogP contribution in [-0.4, -0.2) is 45.7 Å². The van der Waals surface area contributed by atoms with Crippen molar-refractivity contribution >= 4 is 35.1 Å². The Morgan fingerprint density at radius 1 is 1.32 bits per heavy atom. The molecule has 1 aliphatic rings. The fourth-order valence-corrected chi connectivity index (χ4v) is 4.09. The molecule has 25 heavy (non-hydrogen) atoms. The Hall–Kier alpha value is -1.79. The molecule has 1 aliphatic heterocycles. The van der Waals surface area contributed by atoms with Gasteiger partial charge in [-0.05, 0) is 25.2 Å². The van der Waals surface area contributed by atoms with E-state index in [0.29, 0.717) is 23.8 Å². The van der Waals surface area contributed by atoms with Gasteiger partial charge in [0, 0.05) is 36.5 Å². The Bertz CT molecular complexity index is 786. The van der Waals surface area contributed by atoms with Crippen LogP contribution in [0.5, 0.6) is 0 Å². The molecule has 0 N–H and O–H groups in total. The van der Waals surface area contributed by atoms with Crippen LogP contribution in [0.25, 0.3) is 0 Å². The molecule has 0 radical (unpaired) electrons. The third-order valence-electron chi connectivity index (χ3n) is 4.55. The Morgan fingerprint density at radius 3 is 2.76 bits per heavy atom. The molecule has 1 fully saturated rings. The zero-order valence-electron chi connectivity index (χ0n) is 14.2. The summed E-state index contributed by atoms with van der Waals surface area (Å²) in [6.07, 6.45) is 5.03. The predicted molar refractivity (Wildman–Crippen MR) is 99.4 cm³/mol. The number of ketones is 1. The minimum atomic E-state index is -0.182. The van der Waals surface area contributed by atoms with Crippen molar-refractivity contribution in [2.75, 3.05) is 19.3 Å². The van der Waals surface area contributed by atoms with E-state index in [-0.39, 0.29) is 17.6 Å².